The van der Waals surface area contributed by atoms with Crippen LogP contribution in [0.2, 0.25) is 0 Å². The molecule has 0 aromatic carbocycles. The van der Waals surface area contributed by atoms with Crippen molar-refractivity contribution in [2.75, 3.05) is 18.1 Å². The number of anilines is 1. The van der Waals surface area contributed by atoms with Crippen molar-refractivity contribution in [1.29, 1.82) is 0 Å². The normalized spacial score (nSPS) is 23.1. The number of nitrogens with one attached hydrogen (secondary N) is 1. The average Bonchev–Trinajstić information content (AvgIpc) is 3.07. The summed E-state index contributed by atoms with van der Waals surface area (Å²) in [5.41, 5.74) is 0.269. The first-order chi connectivity index (χ1) is 13.5. The second-order valence-electron chi connectivity index (χ2n) is 7.16. The number of carbonyl (C=O) groups excluding carboxylic acids is 1. The summed E-state index contributed by atoms with van der Waals surface area (Å²) >= 11 is 0. The Labute approximate surface area is 159 Å². The van der Waals surface area contributed by atoms with E-state index in [0.29, 0.717) is 23.6 Å². The highest BCUT2D eigenvalue weighted by molar-refractivity contribution is 5.95. The molecule has 0 spiro atoms. The van der Waals surface area contributed by atoms with Crippen LogP contribution in [0.5, 0.6) is 0 Å². The monoisotopic (exact) mass is 383 g/mol. The number of hydrogen-bond donors (Lipinski definition) is 1. The molecule has 0 amide bonds. The van der Waals surface area contributed by atoms with Crippen LogP contribution in [0.3, 0.4) is 0 Å². The molecule has 2 fully saturated rings. The Morgan fingerprint density at radius 2 is 2.36 bits per heavy atom. The van der Waals surface area contributed by atoms with E-state index in [0.717, 1.165) is 19.0 Å². The maximum absolute atomic E-state index is 13.8. The first kappa shape index (κ1) is 16.9. The molecule has 5 rings (SSSR count). The van der Waals surface area contributed by atoms with Crippen LogP contribution in [0.4, 0.5) is 10.2 Å². The lowest BCUT2D eigenvalue weighted by atomic mass is 10.0. The molecule has 1 aliphatic carbocycles. The van der Waals surface area contributed by atoms with Crippen molar-refractivity contribution in [2.24, 2.45) is 5.92 Å². The standard InChI is InChI=1S/C19H18FN5O3/c1-2-28-18(27)13-10-22-25-6-4-15(23-16(13)25)24-5-3-11-8-19(11,24)14-7-12(20)9-21-17(14)26/h4,6-7,9-11H,2-3,5,8H2,1H3,(H,21,26)/t11-,19+/m0/s1. The molecule has 1 saturated heterocycles. The summed E-state index contributed by atoms with van der Waals surface area (Å²) in [6.45, 7) is 2.70. The van der Waals surface area contributed by atoms with Gasteiger partial charge in [0.1, 0.15) is 17.2 Å². The minimum atomic E-state index is -0.550. The van der Waals surface area contributed by atoms with Gasteiger partial charge < -0.3 is 14.6 Å². The largest absolute Gasteiger partial charge is 0.462 e. The number of hydrogen-bond acceptors (Lipinski definition) is 6. The molecule has 0 radical (unpaired) electrons. The third-order valence-electron chi connectivity index (χ3n) is 5.72. The Morgan fingerprint density at radius 3 is 3.14 bits per heavy atom. The second kappa shape index (κ2) is 5.88. The quantitative estimate of drug-likeness (QED) is 0.692. The van der Waals surface area contributed by atoms with E-state index in [4.69, 9.17) is 4.74 Å². The Balaban J connectivity index is 1.60. The highest BCUT2D eigenvalue weighted by Gasteiger charge is 2.64. The van der Waals surface area contributed by atoms with Gasteiger partial charge in [-0.05, 0) is 37.8 Å². The molecule has 1 saturated carbocycles. The number of pyridine rings is 1. The predicted molar refractivity (Wildman–Crippen MR) is 97.7 cm³/mol. The average molecular weight is 383 g/mol. The minimum Gasteiger partial charge on any atom is -0.462 e. The first-order valence-corrected chi connectivity index (χ1v) is 9.22. The van der Waals surface area contributed by atoms with E-state index in [9.17, 15) is 14.0 Å². The fourth-order valence-electron chi connectivity index (χ4n) is 4.41. The lowest BCUT2D eigenvalue weighted by Gasteiger charge is -2.29. The number of rotatable bonds is 4. The van der Waals surface area contributed by atoms with E-state index in [2.05, 4.69) is 15.1 Å². The maximum atomic E-state index is 13.8. The number of carbonyl (C=O) groups is 1. The van der Waals surface area contributed by atoms with Gasteiger partial charge in [-0.15, -0.1) is 0 Å². The topological polar surface area (TPSA) is 92.6 Å². The summed E-state index contributed by atoms with van der Waals surface area (Å²) in [6, 6.07) is 3.11. The Hall–Kier alpha value is -3.23. The van der Waals surface area contributed by atoms with Gasteiger partial charge >= 0.3 is 5.97 Å². The molecule has 28 heavy (non-hydrogen) atoms. The summed E-state index contributed by atoms with van der Waals surface area (Å²) in [5, 5.41) is 4.15. The Morgan fingerprint density at radius 1 is 1.50 bits per heavy atom. The van der Waals surface area contributed by atoms with Crippen molar-refractivity contribution in [3.8, 4) is 0 Å². The molecule has 0 bridgehead atoms. The molecule has 2 aliphatic rings. The van der Waals surface area contributed by atoms with E-state index in [1.165, 1.54) is 16.8 Å². The maximum Gasteiger partial charge on any atom is 0.343 e. The van der Waals surface area contributed by atoms with Crippen LogP contribution < -0.4 is 10.5 Å². The third kappa shape index (κ3) is 2.28. The van der Waals surface area contributed by atoms with Crippen molar-refractivity contribution >= 4 is 17.4 Å². The summed E-state index contributed by atoms with van der Waals surface area (Å²) in [6.07, 6.45) is 5.89. The number of aromatic nitrogens is 4. The van der Waals surface area contributed by atoms with Crippen LogP contribution in [0.25, 0.3) is 5.65 Å². The van der Waals surface area contributed by atoms with Crippen LogP contribution in [0.15, 0.2) is 35.5 Å². The molecule has 3 aromatic rings. The Bertz CT molecular complexity index is 1160. The van der Waals surface area contributed by atoms with Gasteiger partial charge in [0.05, 0.1) is 18.3 Å². The fraction of sp³-hybridized carbons (Fsp3) is 0.368. The van der Waals surface area contributed by atoms with E-state index in [1.54, 1.807) is 19.2 Å². The minimum absolute atomic E-state index is 0.259. The van der Waals surface area contributed by atoms with Crippen molar-refractivity contribution in [2.45, 2.75) is 25.3 Å². The van der Waals surface area contributed by atoms with Gasteiger partial charge in [0.25, 0.3) is 5.56 Å². The van der Waals surface area contributed by atoms with Gasteiger partial charge in [-0.2, -0.15) is 5.10 Å². The van der Waals surface area contributed by atoms with Gasteiger partial charge in [0.2, 0.25) is 0 Å². The van der Waals surface area contributed by atoms with Crippen LogP contribution in [0.1, 0.15) is 35.7 Å². The molecule has 8 nitrogen and oxygen atoms in total. The van der Waals surface area contributed by atoms with Crippen molar-refractivity contribution in [1.82, 2.24) is 19.6 Å². The summed E-state index contributed by atoms with van der Waals surface area (Å²) in [5.74, 6) is -0.0421. The molecule has 3 aromatic heterocycles. The van der Waals surface area contributed by atoms with E-state index in [1.807, 2.05) is 4.90 Å². The lowest BCUT2D eigenvalue weighted by molar-refractivity contribution is 0.0528. The molecule has 1 aliphatic heterocycles. The van der Waals surface area contributed by atoms with E-state index < -0.39 is 17.3 Å². The highest BCUT2D eigenvalue weighted by atomic mass is 19.1. The number of esters is 1. The number of piperidine rings is 1. The molecule has 0 unspecified atom stereocenters. The zero-order chi connectivity index (χ0) is 19.5. The number of ether oxygens (including phenoxy) is 1. The van der Waals surface area contributed by atoms with E-state index in [-0.39, 0.29) is 23.6 Å². The van der Waals surface area contributed by atoms with Crippen molar-refractivity contribution in [3.63, 3.8) is 0 Å². The Kier molecular flexibility index (Phi) is 3.55. The smallest absolute Gasteiger partial charge is 0.343 e. The molecule has 4 heterocycles. The van der Waals surface area contributed by atoms with Gasteiger partial charge in [0, 0.05) is 24.5 Å². The highest BCUT2D eigenvalue weighted by Crippen LogP contribution is 2.62. The van der Waals surface area contributed by atoms with Crippen LogP contribution in [-0.2, 0) is 10.3 Å². The molecular formula is C19H18FN5O3. The number of aromatic amines is 1. The zero-order valence-corrected chi connectivity index (χ0v) is 15.2. The number of halogens is 1. The van der Waals surface area contributed by atoms with Crippen LogP contribution in [0, 0.1) is 11.7 Å². The predicted octanol–water partition coefficient (Wildman–Crippen LogP) is 1.86. The molecular weight excluding hydrogens is 365 g/mol. The molecule has 2 atom stereocenters. The van der Waals surface area contributed by atoms with Gasteiger partial charge in [-0.1, -0.05) is 0 Å². The fourth-order valence-corrected chi connectivity index (χ4v) is 4.41. The van der Waals surface area contributed by atoms with Gasteiger partial charge in [0.15, 0.2) is 5.65 Å². The van der Waals surface area contributed by atoms with E-state index >= 15 is 0 Å². The summed E-state index contributed by atoms with van der Waals surface area (Å²) in [7, 11) is 0. The van der Waals surface area contributed by atoms with Crippen LogP contribution in [-0.4, -0.2) is 38.7 Å². The summed E-state index contributed by atoms with van der Waals surface area (Å²) < 4.78 is 20.4. The molecule has 1 N–H and O–H groups in total. The van der Waals surface area contributed by atoms with Crippen molar-refractivity contribution in [3.05, 3.63) is 58.0 Å². The van der Waals surface area contributed by atoms with Crippen LogP contribution >= 0.6 is 0 Å². The lowest BCUT2D eigenvalue weighted by Crippen LogP contribution is -2.37. The number of fused-ring (bicyclic) bond motifs is 2. The molecule has 9 heteroatoms. The van der Waals surface area contributed by atoms with Gasteiger partial charge in [-0.25, -0.2) is 18.7 Å². The first-order valence-electron chi connectivity index (χ1n) is 9.22. The zero-order valence-electron chi connectivity index (χ0n) is 15.2. The number of H-pyrrole nitrogens is 1. The third-order valence-corrected chi connectivity index (χ3v) is 5.72. The van der Waals surface area contributed by atoms with Crippen molar-refractivity contribution < 1.29 is 13.9 Å². The molecule has 144 valence electrons. The number of nitrogens with zero attached hydrogens (tertiary/aromatic N) is 4. The SMILES string of the molecule is CCOC(=O)c1cnn2ccc(N3CC[C@H]4C[C@]43c3cc(F)c[nH]c3=O)nc12. The second-order valence-corrected chi connectivity index (χ2v) is 7.16. The van der Waals surface area contributed by atoms with Gasteiger partial charge in [-0.3, -0.25) is 4.79 Å². The summed E-state index contributed by atoms with van der Waals surface area (Å²) in [4.78, 5) is 33.7.